The van der Waals surface area contributed by atoms with Crippen LogP contribution in [-0.4, -0.2) is 31.4 Å². The number of hydrogen-bond acceptors (Lipinski definition) is 6. The van der Waals surface area contributed by atoms with Crippen LogP contribution in [0.1, 0.15) is 69.1 Å². The predicted octanol–water partition coefficient (Wildman–Crippen LogP) is 8.27. The smallest absolute Gasteiger partial charge is 0.194 e. The molecule has 7 nitrogen and oxygen atoms in total. The van der Waals surface area contributed by atoms with Gasteiger partial charge in [-0.1, -0.05) is 69.8 Å². The van der Waals surface area contributed by atoms with Crippen molar-refractivity contribution in [1.29, 1.82) is 0 Å². The standard InChI is InChI=1S/C36H39FN6O/c1-22(2)31-21-40-43-34(19-33(42-36(31)43)41-28-12-9-23(3)10-13-28)39-20-27-7-5-6-8-29(27)35-30-14-11-25(18-32(44)24(4)37)17-26(30)15-16-38-35/h5-8,11,14-17,19,21-23,28,39H,4,9-10,12-13,18,20H2,1-3H3,(H,41,42). The summed E-state index contributed by atoms with van der Waals surface area (Å²) in [6.45, 7) is 10.4. The average molecular weight is 591 g/mol. The Kier molecular flexibility index (Phi) is 8.42. The minimum Gasteiger partial charge on any atom is -0.367 e. The molecule has 0 radical (unpaired) electrons. The normalized spacial score (nSPS) is 16.8. The molecule has 2 N–H and O–H groups in total. The second-order valence-corrected chi connectivity index (χ2v) is 12.3. The molecule has 0 aliphatic heterocycles. The van der Waals surface area contributed by atoms with Crippen LogP contribution in [0.3, 0.4) is 0 Å². The van der Waals surface area contributed by atoms with Crippen molar-refractivity contribution in [2.45, 2.75) is 71.4 Å². The molecule has 1 fully saturated rings. The van der Waals surface area contributed by atoms with Crippen molar-refractivity contribution in [3.05, 3.63) is 96.1 Å². The number of ketones is 1. The fourth-order valence-corrected chi connectivity index (χ4v) is 6.13. The number of hydrogen-bond donors (Lipinski definition) is 2. The van der Waals surface area contributed by atoms with Gasteiger partial charge in [0.2, 0.25) is 0 Å². The third-order valence-electron chi connectivity index (χ3n) is 8.72. The van der Waals surface area contributed by atoms with E-state index in [2.05, 4.69) is 56.2 Å². The molecule has 5 aromatic rings. The first-order valence-corrected chi connectivity index (χ1v) is 15.5. The number of benzene rings is 2. The number of anilines is 2. The van der Waals surface area contributed by atoms with E-state index in [4.69, 9.17) is 15.1 Å². The highest BCUT2D eigenvalue weighted by Crippen LogP contribution is 2.32. The maximum absolute atomic E-state index is 13.3. The third kappa shape index (κ3) is 6.20. The summed E-state index contributed by atoms with van der Waals surface area (Å²) >= 11 is 0. The van der Waals surface area contributed by atoms with Crippen LogP contribution in [0.4, 0.5) is 16.0 Å². The lowest BCUT2D eigenvalue weighted by Crippen LogP contribution is -2.26. The molecule has 0 saturated heterocycles. The van der Waals surface area contributed by atoms with Gasteiger partial charge >= 0.3 is 0 Å². The van der Waals surface area contributed by atoms with Crippen LogP contribution in [0.25, 0.3) is 27.7 Å². The fraction of sp³-hybridized carbons (Fsp3) is 0.333. The summed E-state index contributed by atoms with van der Waals surface area (Å²) in [5.41, 5.74) is 5.66. The van der Waals surface area contributed by atoms with Gasteiger partial charge in [0.25, 0.3) is 0 Å². The van der Waals surface area contributed by atoms with Gasteiger partial charge in [0, 0.05) is 47.8 Å². The zero-order chi connectivity index (χ0) is 30.8. The Bertz CT molecular complexity index is 1840. The van der Waals surface area contributed by atoms with Gasteiger partial charge in [-0.2, -0.15) is 9.61 Å². The highest BCUT2D eigenvalue weighted by Gasteiger charge is 2.21. The molecular formula is C36H39FN6O. The molecule has 8 heteroatoms. The zero-order valence-corrected chi connectivity index (χ0v) is 25.6. The maximum atomic E-state index is 13.3. The molecule has 0 atom stereocenters. The largest absolute Gasteiger partial charge is 0.367 e. The molecule has 1 saturated carbocycles. The Morgan fingerprint density at radius 1 is 1.09 bits per heavy atom. The summed E-state index contributed by atoms with van der Waals surface area (Å²) in [6.07, 6.45) is 8.45. The number of nitrogens with one attached hydrogen (secondary N) is 2. The minimum atomic E-state index is -0.921. The Hall–Kier alpha value is -4.59. The average Bonchev–Trinajstić information content (AvgIpc) is 3.45. The van der Waals surface area contributed by atoms with E-state index < -0.39 is 11.6 Å². The number of pyridine rings is 1. The van der Waals surface area contributed by atoms with Gasteiger partial charge in [-0.15, -0.1) is 0 Å². The van der Waals surface area contributed by atoms with E-state index in [0.29, 0.717) is 18.5 Å². The summed E-state index contributed by atoms with van der Waals surface area (Å²) in [7, 11) is 0. The predicted molar refractivity (Wildman–Crippen MR) is 176 cm³/mol. The first-order chi connectivity index (χ1) is 21.3. The zero-order valence-electron chi connectivity index (χ0n) is 25.6. The number of nitrogens with zero attached hydrogens (tertiary/aromatic N) is 4. The van der Waals surface area contributed by atoms with Crippen LogP contribution in [-0.2, 0) is 17.8 Å². The lowest BCUT2D eigenvalue weighted by atomic mass is 9.87. The van der Waals surface area contributed by atoms with Gasteiger partial charge in [-0.3, -0.25) is 9.78 Å². The van der Waals surface area contributed by atoms with Gasteiger partial charge in [0.05, 0.1) is 11.9 Å². The molecule has 6 rings (SSSR count). The maximum Gasteiger partial charge on any atom is 0.194 e. The molecule has 1 aliphatic rings. The number of fused-ring (bicyclic) bond motifs is 2. The lowest BCUT2D eigenvalue weighted by molar-refractivity contribution is -0.116. The second kappa shape index (κ2) is 12.6. The van der Waals surface area contributed by atoms with Crippen LogP contribution < -0.4 is 10.6 Å². The third-order valence-corrected chi connectivity index (χ3v) is 8.72. The van der Waals surface area contributed by atoms with Gasteiger partial charge in [-0.05, 0) is 60.1 Å². The van der Waals surface area contributed by atoms with Crippen LogP contribution in [0.5, 0.6) is 0 Å². The number of rotatable bonds is 10. The van der Waals surface area contributed by atoms with E-state index in [1.165, 1.54) is 12.8 Å². The molecular weight excluding hydrogens is 551 g/mol. The molecule has 0 bridgehead atoms. The van der Waals surface area contributed by atoms with Gasteiger partial charge < -0.3 is 10.6 Å². The number of allylic oxidation sites excluding steroid dienone is 1. The van der Waals surface area contributed by atoms with Gasteiger partial charge in [-0.25, -0.2) is 9.37 Å². The molecule has 3 aromatic heterocycles. The van der Waals surface area contributed by atoms with Crippen LogP contribution in [0.15, 0.2) is 79.4 Å². The van der Waals surface area contributed by atoms with E-state index in [9.17, 15) is 9.18 Å². The van der Waals surface area contributed by atoms with E-state index in [1.54, 1.807) is 6.20 Å². The highest BCUT2D eigenvalue weighted by molar-refractivity contribution is 5.98. The van der Waals surface area contributed by atoms with Gasteiger partial charge in [0.15, 0.2) is 17.3 Å². The molecule has 1 aliphatic carbocycles. The molecule has 3 heterocycles. The van der Waals surface area contributed by atoms with Crippen molar-refractivity contribution in [3.8, 4) is 11.3 Å². The quantitative estimate of drug-likeness (QED) is 0.159. The number of carbonyl (C=O) groups excluding carboxylic acids is 1. The number of carbonyl (C=O) groups is 1. The molecule has 0 spiro atoms. The fourth-order valence-electron chi connectivity index (χ4n) is 6.13. The van der Waals surface area contributed by atoms with E-state index in [0.717, 1.165) is 74.8 Å². The first kappa shape index (κ1) is 29.5. The van der Waals surface area contributed by atoms with Gasteiger partial charge in [0.1, 0.15) is 11.6 Å². The van der Waals surface area contributed by atoms with E-state index in [-0.39, 0.29) is 6.42 Å². The Balaban J connectivity index is 1.31. The highest BCUT2D eigenvalue weighted by atomic mass is 19.1. The minimum absolute atomic E-state index is 0.0213. The van der Waals surface area contributed by atoms with Crippen molar-refractivity contribution >= 4 is 33.8 Å². The summed E-state index contributed by atoms with van der Waals surface area (Å²) in [4.78, 5) is 21.7. The van der Waals surface area contributed by atoms with E-state index >= 15 is 0 Å². The molecule has 44 heavy (non-hydrogen) atoms. The van der Waals surface area contributed by atoms with E-state index in [1.807, 2.05) is 47.1 Å². The molecule has 2 aromatic carbocycles. The van der Waals surface area contributed by atoms with Crippen molar-refractivity contribution in [2.75, 3.05) is 10.6 Å². The second-order valence-electron chi connectivity index (χ2n) is 12.3. The van der Waals surface area contributed by atoms with Crippen molar-refractivity contribution in [1.82, 2.24) is 19.6 Å². The molecule has 0 amide bonds. The van der Waals surface area contributed by atoms with Crippen molar-refractivity contribution in [3.63, 3.8) is 0 Å². The summed E-state index contributed by atoms with van der Waals surface area (Å²) in [6, 6.07) is 18.4. The monoisotopic (exact) mass is 590 g/mol. The molecule has 226 valence electrons. The van der Waals surface area contributed by atoms with Crippen LogP contribution >= 0.6 is 0 Å². The number of Topliss-reactive ketones (excluding diaryl/α,β-unsaturated/α-hetero) is 1. The summed E-state index contributed by atoms with van der Waals surface area (Å²) in [5.74, 6) is 1.30. The van der Waals surface area contributed by atoms with Crippen molar-refractivity contribution < 1.29 is 9.18 Å². The van der Waals surface area contributed by atoms with Crippen molar-refractivity contribution in [2.24, 2.45) is 5.92 Å². The Morgan fingerprint density at radius 3 is 2.66 bits per heavy atom. The van der Waals surface area contributed by atoms with Crippen LogP contribution in [0.2, 0.25) is 0 Å². The summed E-state index contributed by atoms with van der Waals surface area (Å²) in [5, 5.41) is 14.0. The topological polar surface area (TPSA) is 84.2 Å². The number of halogens is 1. The Morgan fingerprint density at radius 2 is 1.89 bits per heavy atom. The summed E-state index contributed by atoms with van der Waals surface area (Å²) < 4.78 is 15.2. The molecule has 0 unspecified atom stereocenters. The SMILES string of the molecule is C=C(F)C(=O)Cc1ccc2c(-c3ccccc3CNc3cc(NC4CCC(C)CC4)nc4c(C(C)C)cnn34)nccc2c1. The Labute approximate surface area is 257 Å². The van der Waals surface area contributed by atoms with Crippen LogP contribution in [0, 0.1) is 5.92 Å². The lowest BCUT2D eigenvalue weighted by Gasteiger charge is -2.27. The number of aromatic nitrogens is 4. The first-order valence-electron chi connectivity index (χ1n) is 15.5.